The number of pyridine rings is 1. The smallest absolute Gasteiger partial charge is 0.410 e. The Morgan fingerprint density at radius 2 is 2.38 bits per heavy atom. The number of hydrogen-bond donors (Lipinski definition) is 3. The second-order valence-corrected chi connectivity index (χ2v) is 2.45. The maximum absolute atomic E-state index is 10.2. The summed E-state index contributed by atoms with van der Waals surface area (Å²) in [4.78, 5) is 14.0. The molecule has 0 fully saturated rings. The average molecular weight is 182 g/mol. The SMILES string of the molecule is O=C(O)Nc1cc(CCO)ccn1. The zero-order valence-corrected chi connectivity index (χ0v) is 6.90. The fourth-order valence-corrected chi connectivity index (χ4v) is 0.937. The molecular weight excluding hydrogens is 172 g/mol. The number of anilines is 1. The molecule has 1 aromatic rings. The Kier molecular flexibility index (Phi) is 3.22. The molecule has 70 valence electrons. The molecule has 0 aromatic carbocycles. The van der Waals surface area contributed by atoms with E-state index in [1.807, 2.05) is 0 Å². The van der Waals surface area contributed by atoms with Crippen LogP contribution in [0.4, 0.5) is 10.6 Å². The molecule has 5 nitrogen and oxygen atoms in total. The first kappa shape index (κ1) is 9.47. The van der Waals surface area contributed by atoms with Gasteiger partial charge in [0.05, 0.1) is 0 Å². The summed E-state index contributed by atoms with van der Waals surface area (Å²) < 4.78 is 0. The van der Waals surface area contributed by atoms with Gasteiger partial charge in [0.1, 0.15) is 5.82 Å². The van der Waals surface area contributed by atoms with E-state index in [0.717, 1.165) is 5.56 Å². The van der Waals surface area contributed by atoms with E-state index >= 15 is 0 Å². The molecular formula is C8H10N2O3. The van der Waals surface area contributed by atoms with Gasteiger partial charge in [-0.25, -0.2) is 9.78 Å². The van der Waals surface area contributed by atoms with Gasteiger partial charge in [0.15, 0.2) is 0 Å². The minimum atomic E-state index is -1.14. The third-order valence-corrected chi connectivity index (χ3v) is 1.46. The van der Waals surface area contributed by atoms with Crippen molar-refractivity contribution in [2.24, 2.45) is 0 Å². The number of carboxylic acid groups (broad SMARTS) is 1. The summed E-state index contributed by atoms with van der Waals surface area (Å²) in [5.41, 5.74) is 0.848. The Balaban J connectivity index is 2.73. The average Bonchev–Trinajstić information content (AvgIpc) is 2.04. The van der Waals surface area contributed by atoms with E-state index in [9.17, 15) is 4.79 Å². The van der Waals surface area contributed by atoms with Gasteiger partial charge in [0.25, 0.3) is 0 Å². The van der Waals surface area contributed by atoms with Crippen molar-refractivity contribution in [3.63, 3.8) is 0 Å². The number of amides is 1. The van der Waals surface area contributed by atoms with Crippen LogP contribution in [-0.4, -0.2) is 27.9 Å². The second kappa shape index (κ2) is 4.42. The van der Waals surface area contributed by atoms with Gasteiger partial charge in [-0.2, -0.15) is 0 Å². The highest BCUT2D eigenvalue weighted by Crippen LogP contribution is 2.06. The van der Waals surface area contributed by atoms with Crippen molar-refractivity contribution in [2.45, 2.75) is 6.42 Å². The first-order valence-electron chi connectivity index (χ1n) is 3.78. The predicted octanol–water partition coefficient (Wildman–Crippen LogP) is 0.706. The molecule has 0 atom stereocenters. The number of aliphatic hydroxyl groups is 1. The summed E-state index contributed by atoms with van der Waals surface area (Å²) in [6, 6.07) is 3.31. The van der Waals surface area contributed by atoms with Gasteiger partial charge in [0, 0.05) is 12.8 Å². The van der Waals surface area contributed by atoms with Gasteiger partial charge >= 0.3 is 6.09 Å². The van der Waals surface area contributed by atoms with Crippen LogP contribution in [0.2, 0.25) is 0 Å². The molecule has 0 radical (unpaired) electrons. The summed E-state index contributed by atoms with van der Waals surface area (Å²) in [6.45, 7) is 0.0382. The maximum atomic E-state index is 10.2. The number of rotatable bonds is 3. The van der Waals surface area contributed by atoms with Crippen LogP contribution in [0, 0.1) is 0 Å². The van der Waals surface area contributed by atoms with Crippen LogP contribution in [0.25, 0.3) is 0 Å². The molecule has 0 aliphatic carbocycles. The standard InChI is InChI=1S/C8H10N2O3/c11-4-2-6-1-3-9-7(5-6)10-8(12)13/h1,3,5,11H,2,4H2,(H,9,10)(H,12,13). The molecule has 1 aromatic heterocycles. The Labute approximate surface area is 75.0 Å². The van der Waals surface area contributed by atoms with Crippen LogP contribution in [0.3, 0.4) is 0 Å². The zero-order chi connectivity index (χ0) is 9.68. The molecule has 1 amide bonds. The number of aliphatic hydroxyl groups excluding tert-OH is 1. The highest BCUT2D eigenvalue weighted by molar-refractivity contribution is 5.81. The van der Waals surface area contributed by atoms with E-state index in [1.54, 1.807) is 12.1 Å². The minimum absolute atomic E-state index is 0.0382. The highest BCUT2D eigenvalue weighted by atomic mass is 16.4. The molecule has 0 saturated carbocycles. The monoisotopic (exact) mass is 182 g/mol. The lowest BCUT2D eigenvalue weighted by Crippen LogP contribution is -2.09. The maximum Gasteiger partial charge on any atom is 0.410 e. The Morgan fingerprint density at radius 3 is 3.00 bits per heavy atom. The predicted molar refractivity (Wildman–Crippen MR) is 46.7 cm³/mol. The van der Waals surface area contributed by atoms with Crippen molar-refractivity contribution in [2.75, 3.05) is 11.9 Å². The Morgan fingerprint density at radius 1 is 1.62 bits per heavy atom. The van der Waals surface area contributed by atoms with Crippen molar-refractivity contribution in [1.29, 1.82) is 0 Å². The zero-order valence-electron chi connectivity index (χ0n) is 6.90. The van der Waals surface area contributed by atoms with Crippen LogP contribution >= 0.6 is 0 Å². The van der Waals surface area contributed by atoms with Crippen molar-refractivity contribution in [3.05, 3.63) is 23.9 Å². The van der Waals surface area contributed by atoms with E-state index in [1.165, 1.54) is 6.20 Å². The summed E-state index contributed by atoms with van der Waals surface area (Å²) in [7, 11) is 0. The molecule has 0 spiro atoms. The number of hydrogen-bond acceptors (Lipinski definition) is 3. The van der Waals surface area contributed by atoms with E-state index in [2.05, 4.69) is 10.3 Å². The summed E-state index contributed by atoms with van der Waals surface area (Å²) in [5.74, 6) is 0.276. The van der Waals surface area contributed by atoms with Crippen molar-refractivity contribution >= 4 is 11.9 Å². The van der Waals surface area contributed by atoms with E-state index in [-0.39, 0.29) is 12.4 Å². The molecule has 0 aliphatic rings. The van der Waals surface area contributed by atoms with Crippen LogP contribution < -0.4 is 5.32 Å². The number of carbonyl (C=O) groups is 1. The van der Waals surface area contributed by atoms with Crippen LogP contribution in [-0.2, 0) is 6.42 Å². The Bertz CT molecular complexity index is 301. The lowest BCUT2D eigenvalue weighted by molar-refractivity contribution is 0.209. The van der Waals surface area contributed by atoms with Gasteiger partial charge in [0.2, 0.25) is 0 Å². The third-order valence-electron chi connectivity index (χ3n) is 1.46. The lowest BCUT2D eigenvalue weighted by atomic mass is 10.2. The van der Waals surface area contributed by atoms with Crippen LogP contribution in [0.15, 0.2) is 18.3 Å². The quantitative estimate of drug-likeness (QED) is 0.642. The summed E-state index contributed by atoms with van der Waals surface area (Å²) in [6.07, 6.45) is 0.848. The van der Waals surface area contributed by atoms with Crippen LogP contribution in [0.5, 0.6) is 0 Å². The van der Waals surface area contributed by atoms with Crippen molar-refractivity contribution < 1.29 is 15.0 Å². The van der Waals surface area contributed by atoms with E-state index in [0.29, 0.717) is 6.42 Å². The molecule has 0 unspecified atom stereocenters. The molecule has 0 bridgehead atoms. The molecule has 3 N–H and O–H groups in total. The number of nitrogens with one attached hydrogen (secondary N) is 1. The molecule has 1 rings (SSSR count). The topological polar surface area (TPSA) is 82.5 Å². The summed E-state index contributed by atoms with van der Waals surface area (Å²) >= 11 is 0. The fraction of sp³-hybridized carbons (Fsp3) is 0.250. The molecule has 5 heteroatoms. The van der Waals surface area contributed by atoms with E-state index in [4.69, 9.17) is 10.2 Å². The van der Waals surface area contributed by atoms with Crippen LogP contribution in [0.1, 0.15) is 5.56 Å². The fourth-order valence-electron chi connectivity index (χ4n) is 0.937. The van der Waals surface area contributed by atoms with Gasteiger partial charge in [-0.05, 0) is 24.1 Å². The summed E-state index contributed by atoms with van der Waals surface area (Å²) in [5, 5.41) is 19.1. The first-order chi connectivity index (χ1) is 6.22. The van der Waals surface area contributed by atoms with Gasteiger partial charge in [-0.15, -0.1) is 0 Å². The molecule has 13 heavy (non-hydrogen) atoms. The van der Waals surface area contributed by atoms with Gasteiger partial charge in [-0.1, -0.05) is 0 Å². The van der Waals surface area contributed by atoms with Gasteiger partial charge in [-0.3, -0.25) is 5.32 Å². The molecule has 0 aliphatic heterocycles. The van der Waals surface area contributed by atoms with E-state index < -0.39 is 6.09 Å². The van der Waals surface area contributed by atoms with Crippen molar-refractivity contribution in [3.8, 4) is 0 Å². The minimum Gasteiger partial charge on any atom is -0.465 e. The largest absolute Gasteiger partial charge is 0.465 e. The Hall–Kier alpha value is -1.62. The van der Waals surface area contributed by atoms with Crippen molar-refractivity contribution in [1.82, 2.24) is 4.98 Å². The first-order valence-corrected chi connectivity index (χ1v) is 3.78. The highest BCUT2D eigenvalue weighted by Gasteiger charge is 1.99. The molecule has 1 heterocycles. The van der Waals surface area contributed by atoms with Gasteiger partial charge < -0.3 is 10.2 Å². The number of aromatic nitrogens is 1. The third kappa shape index (κ3) is 3.08. The molecule has 0 saturated heterocycles. The normalized spacial score (nSPS) is 9.62. The second-order valence-electron chi connectivity index (χ2n) is 2.45. The lowest BCUT2D eigenvalue weighted by Gasteiger charge is -2.01. The number of nitrogens with zero attached hydrogens (tertiary/aromatic N) is 1.